The minimum atomic E-state index is 0.251. The van der Waals surface area contributed by atoms with Gasteiger partial charge in [0.1, 0.15) is 0 Å². The van der Waals surface area contributed by atoms with Crippen LogP contribution in [0.15, 0.2) is 18.2 Å². The van der Waals surface area contributed by atoms with E-state index in [9.17, 15) is 4.79 Å². The predicted molar refractivity (Wildman–Crippen MR) is 96.9 cm³/mol. The van der Waals surface area contributed by atoms with Gasteiger partial charge in [-0.1, -0.05) is 13.8 Å². The molecular formula is C18H26N6O. The molecule has 134 valence electrons. The molecule has 7 nitrogen and oxygen atoms in total. The molecule has 7 heteroatoms. The summed E-state index contributed by atoms with van der Waals surface area (Å²) >= 11 is 0. The van der Waals surface area contributed by atoms with E-state index in [2.05, 4.69) is 34.0 Å². The Hall–Kier alpha value is -2.44. The van der Waals surface area contributed by atoms with Crippen LogP contribution in [-0.2, 0) is 4.79 Å². The van der Waals surface area contributed by atoms with Crippen LogP contribution >= 0.6 is 0 Å². The Bertz CT molecular complexity index is 729. The van der Waals surface area contributed by atoms with Gasteiger partial charge in [0.25, 0.3) is 0 Å². The maximum atomic E-state index is 12.2. The van der Waals surface area contributed by atoms with Gasteiger partial charge in [-0.05, 0) is 38.0 Å². The maximum Gasteiger partial charge on any atom is 0.222 e. The molecule has 3 rings (SSSR count). The van der Waals surface area contributed by atoms with E-state index in [-0.39, 0.29) is 5.91 Å². The number of nitrogens with zero attached hydrogens (tertiary/aromatic N) is 6. The number of hydrogen-bond donors (Lipinski definition) is 0. The summed E-state index contributed by atoms with van der Waals surface area (Å²) < 4.78 is 1.80. The number of carbonyl (C=O) groups excluding carboxylic acids is 1. The number of aryl methyl sites for hydroxylation is 2. The van der Waals surface area contributed by atoms with Gasteiger partial charge in [0, 0.05) is 38.3 Å². The number of rotatable bonds is 4. The lowest BCUT2D eigenvalue weighted by atomic mass is 10.1. The molecule has 1 fully saturated rings. The molecule has 1 amide bonds. The fourth-order valence-electron chi connectivity index (χ4n) is 3.12. The summed E-state index contributed by atoms with van der Waals surface area (Å²) in [6.07, 6.45) is 0.622. The zero-order valence-corrected chi connectivity index (χ0v) is 15.4. The monoisotopic (exact) mass is 342 g/mol. The first kappa shape index (κ1) is 17.4. The van der Waals surface area contributed by atoms with Crippen molar-refractivity contribution in [2.75, 3.05) is 31.1 Å². The van der Waals surface area contributed by atoms with Crippen LogP contribution in [-0.4, -0.2) is 57.0 Å². The molecule has 0 aliphatic carbocycles. The van der Waals surface area contributed by atoms with Crippen LogP contribution in [0, 0.1) is 19.8 Å². The number of hydrogen-bond acceptors (Lipinski definition) is 5. The van der Waals surface area contributed by atoms with Crippen molar-refractivity contribution in [3.05, 3.63) is 29.6 Å². The van der Waals surface area contributed by atoms with Crippen LogP contribution < -0.4 is 4.90 Å². The van der Waals surface area contributed by atoms with Gasteiger partial charge in [-0.3, -0.25) is 4.79 Å². The minimum absolute atomic E-state index is 0.251. The molecule has 1 saturated heterocycles. The second-order valence-electron chi connectivity index (χ2n) is 7.05. The number of aromatic nitrogens is 4. The lowest BCUT2D eigenvalue weighted by molar-refractivity contribution is -0.132. The van der Waals surface area contributed by atoms with Crippen LogP contribution in [0.2, 0.25) is 0 Å². The fraction of sp³-hybridized carbons (Fsp3) is 0.556. The zero-order chi connectivity index (χ0) is 18.0. The van der Waals surface area contributed by atoms with Crippen LogP contribution in [0.5, 0.6) is 0 Å². The third-order valence-corrected chi connectivity index (χ3v) is 4.40. The van der Waals surface area contributed by atoms with E-state index in [1.54, 1.807) is 4.68 Å². The Kier molecular flexibility index (Phi) is 5.01. The van der Waals surface area contributed by atoms with Crippen LogP contribution in [0.25, 0.3) is 5.82 Å². The smallest absolute Gasteiger partial charge is 0.222 e. The standard InChI is InChI=1S/C18H26N6O/c1-13(2)11-18(25)23-9-7-22(8-10-23)16-5-6-17(20-19-16)24-15(4)12-14(3)21-24/h5-6,12-13H,7-11H2,1-4H3. The first-order valence-corrected chi connectivity index (χ1v) is 8.84. The minimum Gasteiger partial charge on any atom is -0.352 e. The summed E-state index contributed by atoms with van der Waals surface area (Å²) in [5, 5.41) is 13.1. The predicted octanol–water partition coefficient (Wildman–Crippen LogP) is 1.97. The van der Waals surface area contributed by atoms with Crippen molar-refractivity contribution in [2.24, 2.45) is 5.92 Å². The maximum absolute atomic E-state index is 12.2. The highest BCUT2D eigenvalue weighted by Gasteiger charge is 2.22. The largest absolute Gasteiger partial charge is 0.352 e. The number of piperazine rings is 1. The fourth-order valence-corrected chi connectivity index (χ4v) is 3.12. The topological polar surface area (TPSA) is 67.2 Å². The highest BCUT2D eigenvalue weighted by atomic mass is 16.2. The average molecular weight is 342 g/mol. The highest BCUT2D eigenvalue weighted by Crippen LogP contribution is 2.16. The Labute approximate surface area is 148 Å². The summed E-state index contributed by atoms with van der Waals surface area (Å²) in [6.45, 7) is 11.2. The van der Waals surface area contributed by atoms with E-state index in [1.807, 2.05) is 36.9 Å². The number of amides is 1. The van der Waals surface area contributed by atoms with Gasteiger partial charge in [0.05, 0.1) is 5.69 Å². The molecule has 0 aromatic carbocycles. The van der Waals surface area contributed by atoms with Crippen LogP contribution in [0.4, 0.5) is 5.82 Å². The first-order chi connectivity index (χ1) is 11.9. The molecule has 0 spiro atoms. The quantitative estimate of drug-likeness (QED) is 0.850. The Morgan fingerprint density at radius 3 is 2.24 bits per heavy atom. The molecule has 2 aromatic heterocycles. The van der Waals surface area contributed by atoms with Crippen LogP contribution in [0.3, 0.4) is 0 Å². The average Bonchev–Trinajstić information content (AvgIpc) is 2.93. The van der Waals surface area contributed by atoms with E-state index >= 15 is 0 Å². The summed E-state index contributed by atoms with van der Waals surface area (Å²) in [5.41, 5.74) is 2.00. The first-order valence-electron chi connectivity index (χ1n) is 8.84. The SMILES string of the molecule is Cc1cc(C)n(-c2ccc(N3CCN(C(=O)CC(C)C)CC3)nn2)n1. The molecule has 1 aliphatic heterocycles. The normalized spacial score (nSPS) is 15.1. The highest BCUT2D eigenvalue weighted by molar-refractivity contribution is 5.76. The van der Waals surface area contributed by atoms with Crippen molar-refractivity contribution in [3.63, 3.8) is 0 Å². The zero-order valence-electron chi connectivity index (χ0n) is 15.4. The molecule has 0 radical (unpaired) electrons. The summed E-state index contributed by atoms with van der Waals surface area (Å²) in [6, 6.07) is 5.94. The Morgan fingerprint density at radius 2 is 1.72 bits per heavy atom. The molecular weight excluding hydrogens is 316 g/mol. The van der Waals surface area contributed by atoms with E-state index < -0.39 is 0 Å². The number of anilines is 1. The van der Waals surface area contributed by atoms with Gasteiger partial charge in [-0.25, -0.2) is 4.68 Å². The molecule has 0 atom stereocenters. The second-order valence-corrected chi connectivity index (χ2v) is 7.05. The lowest BCUT2D eigenvalue weighted by Crippen LogP contribution is -2.49. The number of carbonyl (C=O) groups is 1. The molecule has 0 N–H and O–H groups in total. The molecule has 0 unspecified atom stereocenters. The molecule has 1 aliphatic rings. The van der Waals surface area contributed by atoms with Gasteiger partial charge < -0.3 is 9.80 Å². The summed E-state index contributed by atoms with van der Waals surface area (Å²) in [4.78, 5) is 16.3. The van der Waals surface area contributed by atoms with E-state index in [1.165, 1.54) is 0 Å². The van der Waals surface area contributed by atoms with Crippen molar-refractivity contribution in [1.29, 1.82) is 0 Å². The van der Waals surface area contributed by atoms with Gasteiger partial charge in [-0.2, -0.15) is 5.10 Å². The van der Waals surface area contributed by atoms with Crippen molar-refractivity contribution in [3.8, 4) is 5.82 Å². The van der Waals surface area contributed by atoms with Crippen molar-refractivity contribution in [2.45, 2.75) is 34.1 Å². The van der Waals surface area contributed by atoms with E-state index in [0.29, 0.717) is 12.3 Å². The van der Waals surface area contributed by atoms with Crippen molar-refractivity contribution >= 4 is 11.7 Å². The van der Waals surface area contributed by atoms with E-state index in [0.717, 1.165) is 49.2 Å². The third-order valence-electron chi connectivity index (χ3n) is 4.40. The molecule has 0 bridgehead atoms. The molecule has 25 heavy (non-hydrogen) atoms. The lowest BCUT2D eigenvalue weighted by Gasteiger charge is -2.35. The molecule has 2 aromatic rings. The Morgan fingerprint density at radius 1 is 1.08 bits per heavy atom. The van der Waals surface area contributed by atoms with Gasteiger partial charge in [-0.15, -0.1) is 10.2 Å². The van der Waals surface area contributed by atoms with Crippen molar-refractivity contribution < 1.29 is 4.79 Å². The van der Waals surface area contributed by atoms with Gasteiger partial charge >= 0.3 is 0 Å². The van der Waals surface area contributed by atoms with E-state index in [4.69, 9.17) is 0 Å². The van der Waals surface area contributed by atoms with Gasteiger partial charge in [0.15, 0.2) is 11.6 Å². The molecule has 3 heterocycles. The summed E-state index contributed by atoms with van der Waals surface area (Å²) in [5.74, 6) is 2.22. The van der Waals surface area contributed by atoms with Crippen LogP contribution in [0.1, 0.15) is 31.7 Å². The summed E-state index contributed by atoms with van der Waals surface area (Å²) in [7, 11) is 0. The van der Waals surface area contributed by atoms with Gasteiger partial charge in [0.2, 0.25) is 5.91 Å². The second kappa shape index (κ2) is 7.21. The van der Waals surface area contributed by atoms with Crippen molar-refractivity contribution in [1.82, 2.24) is 24.9 Å². The molecule has 0 saturated carbocycles. The Balaban J connectivity index is 1.62. The third kappa shape index (κ3) is 3.97.